The summed E-state index contributed by atoms with van der Waals surface area (Å²) in [4.78, 5) is 0. The van der Waals surface area contributed by atoms with Gasteiger partial charge in [0, 0.05) is 15.5 Å². The average molecular weight is 355 g/mol. The van der Waals surface area contributed by atoms with Crippen LogP contribution in [0.4, 0.5) is 5.69 Å². The number of halogens is 2. The van der Waals surface area contributed by atoms with Crippen LogP contribution in [0, 0.1) is 0 Å². The minimum Gasteiger partial charge on any atom is -0.508 e. The predicted molar refractivity (Wildman–Crippen MR) is 88.7 cm³/mol. The van der Waals surface area contributed by atoms with Gasteiger partial charge in [0.1, 0.15) is 5.75 Å². The van der Waals surface area contributed by atoms with Crippen LogP contribution in [-0.4, -0.2) is 11.1 Å². The van der Waals surface area contributed by atoms with E-state index in [9.17, 15) is 5.11 Å². The Labute approximate surface area is 132 Å². The molecule has 4 heteroatoms. The molecule has 1 unspecified atom stereocenters. The Morgan fingerprint density at radius 3 is 2.60 bits per heavy atom. The average Bonchev–Trinajstić information content (AvgIpc) is 2.42. The third-order valence-corrected chi connectivity index (χ3v) is 4.06. The van der Waals surface area contributed by atoms with Gasteiger partial charge in [0.05, 0.1) is 5.69 Å². The molecule has 1 atom stereocenters. The van der Waals surface area contributed by atoms with Gasteiger partial charge in [-0.05, 0) is 71.6 Å². The van der Waals surface area contributed by atoms with Crippen molar-refractivity contribution in [1.82, 2.24) is 0 Å². The molecule has 0 aliphatic carbocycles. The smallest absolute Gasteiger partial charge is 0.115 e. The van der Waals surface area contributed by atoms with Gasteiger partial charge in [-0.15, -0.1) is 0 Å². The molecular formula is C16H17BrClNO. The molecule has 0 spiro atoms. The quantitative estimate of drug-likeness (QED) is 0.769. The second-order valence-corrected chi connectivity index (χ2v) is 6.17. The molecule has 0 saturated carbocycles. The normalized spacial score (nSPS) is 12.2. The summed E-state index contributed by atoms with van der Waals surface area (Å²) in [7, 11) is 0. The number of nitrogens with one attached hydrogen (secondary N) is 1. The lowest BCUT2D eigenvalue weighted by molar-refractivity contribution is 0.475. The Balaban J connectivity index is 1.90. The second-order valence-electron chi connectivity index (χ2n) is 4.87. The molecule has 0 fully saturated rings. The van der Waals surface area contributed by atoms with Crippen LogP contribution in [0.2, 0.25) is 5.02 Å². The van der Waals surface area contributed by atoms with Crippen molar-refractivity contribution in [2.75, 3.05) is 5.32 Å². The van der Waals surface area contributed by atoms with Gasteiger partial charge < -0.3 is 10.4 Å². The van der Waals surface area contributed by atoms with Crippen LogP contribution in [0.3, 0.4) is 0 Å². The maximum absolute atomic E-state index is 9.26. The summed E-state index contributed by atoms with van der Waals surface area (Å²) in [6.07, 6.45) is 1.97. The second kappa shape index (κ2) is 7.00. The first-order valence-corrected chi connectivity index (χ1v) is 7.71. The monoisotopic (exact) mass is 353 g/mol. The number of phenolic OH excluding ortho intramolecular Hbond substituents is 1. The molecule has 0 aromatic heterocycles. The van der Waals surface area contributed by atoms with Crippen molar-refractivity contribution in [1.29, 1.82) is 0 Å². The Morgan fingerprint density at radius 2 is 1.90 bits per heavy atom. The van der Waals surface area contributed by atoms with Crippen molar-refractivity contribution >= 4 is 33.2 Å². The fourth-order valence-electron chi connectivity index (χ4n) is 1.99. The van der Waals surface area contributed by atoms with Crippen molar-refractivity contribution in [2.24, 2.45) is 0 Å². The number of rotatable bonds is 5. The Morgan fingerprint density at radius 1 is 1.20 bits per heavy atom. The molecule has 0 saturated heterocycles. The molecule has 2 aromatic carbocycles. The van der Waals surface area contributed by atoms with Gasteiger partial charge in [-0.25, -0.2) is 0 Å². The number of hydrogen-bond donors (Lipinski definition) is 2. The SMILES string of the molecule is CC(CCc1ccc(O)cc1)Nc1cc(Cl)ccc1Br. The van der Waals surface area contributed by atoms with E-state index in [0.717, 1.165) is 28.0 Å². The van der Waals surface area contributed by atoms with E-state index in [0.29, 0.717) is 11.8 Å². The minimum absolute atomic E-state index is 0.308. The van der Waals surface area contributed by atoms with E-state index >= 15 is 0 Å². The van der Waals surface area contributed by atoms with E-state index < -0.39 is 0 Å². The Bertz CT molecular complexity index is 571. The van der Waals surface area contributed by atoms with Crippen LogP contribution < -0.4 is 5.32 Å². The number of aryl methyl sites for hydroxylation is 1. The summed E-state index contributed by atoms with van der Waals surface area (Å²) in [5.74, 6) is 0.308. The molecule has 2 N–H and O–H groups in total. The molecule has 0 radical (unpaired) electrons. The number of hydrogen-bond acceptors (Lipinski definition) is 2. The summed E-state index contributed by atoms with van der Waals surface area (Å²) in [5, 5.41) is 13.4. The zero-order chi connectivity index (χ0) is 14.5. The first kappa shape index (κ1) is 15.2. The Kier molecular flexibility index (Phi) is 5.32. The zero-order valence-electron chi connectivity index (χ0n) is 11.2. The molecule has 2 aromatic rings. The van der Waals surface area contributed by atoms with Gasteiger partial charge >= 0.3 is 0 Å². The molecule has 106 valence electrons. The highest BCUT2D eigenvalue weighted by Gasteiger charge is 2.06. The van der Waals surface area contributed by atoms with E-state index in [4.69, 9.17) is 11.6 Å². The molecule has 2 nitrogen and oxygen atoms in total. The van der Waals surface area contributed by atoms with Crippen LogP contribution in [0.5, 0.6) is 5.75 Å². The van der Waals surface area contributed by atoms with Crippen molar-refractivity contribution < 1.29 is 5.11 Å². The molecule has 20 heavy (non-hydrogen) atoms. The third kappa shape index (κ3) is 4.43. The first-order chi connectivity index (χ1) is 9.54. The maximum Gasteiger partial charge on any atom is 0.115 e. The minimum atomic E-state index is 0.308. The van der Waals surface area contributed by atoms with Gasteiger partial charge in [-0.2, -0.15) is 0 Å². The summed E-state index contributed by atoms with van der Waals surface area (Å²) in [6.45, 7) is 2.15. The van der Waals surface area contributed by atoms with Crippen LogP contribution in [-0.2, 0) is 6.42 Å². The molecule has 0 heterocycles. The van der Waals surface area contributed by atoms with E-state index in [1.54, 1.807) is 12.1 Å². The van der Waals surface area contributed by atoms with Crippen LogP contribution in [0.25, 0.3) is 0 Å². The highest BCUT2D eigenvalue weighted by Crippen LogP contribution is 2.27. The van der Waals surface area contributed by atoms with Crippen molar-refractivity contribution in [2.45, 2.75) is 25.8 Å². The molecule has 0 amide bonds. The van der Waals surface area contributed by atoms with Crippen LogP contribution >= 0.6 is 27.5 Å². The topological polar surface area (TPSA) is 32.3 Å². The van der Waals surface area contributed by atoms with Crippen LogP contribution in [0.1, 0.15) is 18.9 Å². The third-order valence-electron chi connectivity index (χ3n) is 3.13. The lowest BCUT2D eigenvalue weighted by atomic mass is 10.1. The van der Waals surface area contributed by atoms with Gasteiger partial charge in [0.2, 0.25) is 0 Å². The van der Waals surface area contributed by atoms with E-state index in [1.807, 2.05) is 30.3 Å². The number of benzene rings is 2. The number of aromatic hydroxyl groups is 1. The zero-order valence-corrected chi connectivity index (χ0v) is 13.6. The van der Waals surface area contributed by atoms with Gasteiger partial charge in [0.25, 0.3) is 0 Å². The van der Waals surface area contributed by atoms with Gasteiger partial charge in [-0.1, -0.05) is 23.7 Å². The summed E-state index contributed by atoms with van der Waals surface area (Å²) in [5.41, 5.74) is 2.23. The van der Waals surface area contributed by atoms with Gasteiger partial charge in [-0.3, -0.25) is 0 Å². The highest BCUT2D eigenvalue weighted by molar-refractivity contribution is 9.10. The molecular weight excluding hydrogens is 338 g/mol. The lowest BCUT2D eigenvalue weighted by Gasteiger charge is -2.16. The van der Waals surface area contributed by atoms with Gasteiger partial charge in [0.15, 0.2) is 0 Å². The summed E-state index contributed by atoms with van der Waals surface area (Å²) >= 11 is 9.52. The maximum atomic E-state index is 9.26. The number of anilines is 1. The molecule has 2 rings (SSSR count). The molecule has 0 aliphatic rings. The Hall–Kier alpha value is -1.19. The summed E-state index contributed by atoms with van der Waals surface area (Å²) in [6, 6.07) is 13.4. The van der Waals surface area contributed by atoms with Crippen LogP contribution in [0.15, 0.2) is 46.9 Å². The largest absolute Gasteiger partial charge is 0.508 e. The predicted octanol–water partition coefficient (Wildman–Crippen LogP) is 5.24. The van der Waals surface area contributed by atoms with Crippen molar-refractivity contribution in [3.05, 3.63) is 57.5 Å². The van der Waals surface area contributed by atoms with Crippen molar-refractivity contribution in [3.63, 3.8) is 0 Å². The molecule has 0 bridgehead atoms. The van der Waals surface area contributed by atoms with E-state index in [-0.39, 0.29) is 0 Å². The van der Waals surface area contributed by atoms with E-state index in [2.05, 4.69) is 28.2 Å². The summed E-state index contributed by atoms with van der Waals surface area (Å²) < 4.78 is 1.01. The lowest BCUT2D eigenvalue weighted by Crippen LogP contribution is -2.16. The standard InChI is InChI=1S/C16H17BrClNO/c1-11(2-3-12-4-7-14(20)8-5-12)19-16-10-13(18)6-9-15(16)17/h4-11,19-20H,2-3H2,1H3. The van der Waals surface area contributed by atoms with E-state index in [1.165, 1.54) is 5.56 Å². The number of phenols is 1. The molecule has 0 aliphatic heterocycles. The fraction of sp³-hybridized carbons (Fsp3) is 0.250. The fourth-order valence-corrected chi connectivity index (χ4v) is 2.52. The van der Waals surface area contributed by atoms with Crippen molar-refractivity contribution in [3.8, 4) is 5.75 Å². The highest BCUT2D eigenvalue weighted by atomic mass is 79.9. The first-order valence-electron chi connectivity index (χ1n) is 6.54.